The van der Waals surface area contributed by atoms with Crippen LogP contribution in [0.15, 0.2) is 197 Å². The lowest BCUT2D eigenvalue weighted by atomic mass is 9.92. The van der Waals surface area contributed by atoms with Crippen molar-refractivity contribution in [3.63, 3.8) is 0 Å². The Hall–Kier alpha value is -7.10. The second-order valence-electron chi connectivity index (χ2n) is 13.6. The molecule has 0 aliphatic heterocycles. The fraction of sp³-hybridized carbons (Fsp3) is 0. The third-order valence-electron chi connectivity index (χ3n) is 10.7. The summed E-state index contributed by atoms with van der Waals surface area (Å²) in [6.07, 6.45) is 0. The molecule has 3 nitrogen and oxygen atoms in total. The molecule has 0 N–H and O–H groups in total. The van der Waals surface area contributed by atoms with E-state index in [9.17, 15) is 0 Å². The SMILES string of the molecule is c1ccc(-c2c(N(c3ccccc3)c3ccc(-c4cccc5c4oc4ccccc45)cc3)ccc3oc4c5ccccc5c5ccccc5c4c23)cc1. The Labute approximate surface area is 305 Å². The van der Waals surface area contributed by atoms with E-state index in [0.717, 1.165) is 88.6 Å². The summed E-state index contributed by atoms with van der Waals surface area (Å²) in [7, 11) is 0. The van der Waals surface area contributed by atoms with Crippen molar-refractivity contribution < 1.29 is 8.83 Å². The normalized spacial score (nSPS) is 11.8. The topological polar surface area (TPSA) is 29.5 Å². The van der Waals surface area contributed by atoms with Gasteiger partial charge in [0.05, 0.1) is 5.69 Å². The molecular weight excluding hydrogens is 647 g/mol. The molecule has 9 aromatic carbocycles. The molecule has 11 rings (SSSR count). The molecule has 2 aromatic heterocycles. The Bertz CT molecular complexity index is 3160. The van der Waals surface area contributed by atoms with E-state index in [2.05, 4.69) is 181 Å². The molecule has 0 amide bonds. The number of hydrogen-bond donors (Lipinski definition) is 0. The summed E-state index contributed by atoms with van der Waals surface area (Å²) >= 11 is 0. The van der Waals surface area contributed by atoms with Crippen molar-refractivity contribution in [3.05, 3.63) is 188 Å². The van der Waals surface area contributed by atoms with Gasteiger partial charge in [-0.1, -0.05) is 146 Å². The first kappa shape index (κ1) is 29.6. The van der Waals surface area contributed by atoms with Crippen molar-refractivity contribution in [2.75, 3.05) is 4.90 Å². The van der Waals surface area contributed by atoms with E-state index in [1.807, 2.05) is 12.1 Å². The lowest BCUT2D eigenvalue weighted by Crippen LogP contribution is -2.11. The maximum absolute atomic E-state index is 6.88. The van der Waals surface area contributed by atoms with Crippen LogP contribution in [-0.2, 0) is 0 Å². The Morgan fingerprint density at radius 1 is 0.321 bits per heavy atom. The zero-order valence-electron chi connectivity index (χ0n) is 28.7. The molecule has 11 aromatic rings. The van der Waals surface area contributed by atoms with Crippen LogP contribution in [0.1, 0.15) is 0 Å². The maximum atomic E-state index is 6.88. The molecule has 0 radical (unpaired) electrons. The number of anilines is 3. The van der Waals surface area contributed by atoms with Crippen LogP contribution in [0.4, 0.5) is 17.1 Å². The minimum atomic E-state index is 0.867. The molecule has 0 spiro atoms. The van der Waals surface area contributed by atoms with Crippen LogP contribution in [0.2, 0.25) is 0 Å². The highest BCUT2D eigenvalue weighted by molar-refractivity contribution is 6.33. The first-order chi connectivity index (χ1) is 26.3. The Balaban J connectivity index is 1.18. The van der Waals surface area contributed by atoms with E-state index >= 15 is 0 Å². The number of benzene rings is 9. The number of nitrogens with zero attached hydrogens (tertiary/aromatic N) is 1. The van der Waals surface area contributed by atoms with Crippen LogP contribution in [0.3, 0.4) is 0 Å². The number of para-hydroxylation sites is 3. The van der Waals surface area contributed by atoms with Crippen molar-refractivity contribution in [2.45, 2.75) is 0 Å². The third kappa shape index (κ3) is 4.54. The minimum absolute atomic E-state index is 0.867. The number of hydrogen-bond acceptors (Lipinski definition) is 3. The quantitative estimate of drug-likeness (QED) is 0.170. The van der Waals surface area contributed by atoms with Gasteiger partial charge in [0.15, 0.2) is 0 Å². The van der Waals surface area contributed by atoms with E-state index in [1.165, 1.54) is 16.2 Å². The van der Waals surface area contributed by atoms with Gasteiger partial charge in [0, 0.05) is 49.4 Å². The summed E-state index contributed by atoms with van der Waals surface area (Å²) in [5.74, 6) is 0. The number of fused-ring (bicyclic) bond motifs is 11. The summed E-state index contributed by atoms with van der Waals surface area (Å²) in [6, 6.07) is 66.6. The molecule has 0 saturated carbocycles. The zero-order chi connectivity index (χ0) is 34.9. The Morgan fingerprint density at radius 2 is 0.887 bits per heavy atom. The highest BCUT2D eigenvalue weighted by Crippen LogP contribution is 2.50. The molecule has 248 valence electrons. The van der Waals surface area contributed by atoms with Gasteiger partial charge in [-0.2, -0.15) is 0 Å². The number of rotatable bonds is 5. The van der Waals surface area contributed by atoms with Gasteiger partial charge < -0.3 is 13.7 Å². The lowest BCUT2D eigenvalue weighted by Gasteiger charge is -2.28. The van der Waals surface area contributed by atoms with E-state index in [1.54, 1.807) is 0 Å². The molecule has 0 aliphatic carbocycles. The minimum Gasteiger partial charge on any atom is -0.455 e. The van der Waals surface area contributed by atoms with Gasteiger partial charge in [-0.25, -0.2) is 0 Å². The molecule has 0 saturated heterocycles. The molecule has 0 unspecified atom stereocenters. The van der Waals surface area contributed by atoms with Crippen LogP contribution in [0.25, 0.3) is 87.7 Å². The second kappa shape index (κ2) is 11.7. The first-order valence-corrected chi connectivity index (χ1v) is 18.0. The van der Waals surface area contributed by atoms with Gasteiger partial charge in [0.25, 0.3) is 0 Å². The fourth-order valence-electron chi connectivity index (χ4n) is 8.33. The Morgan fingerprint density at radius 3 is 1.66 bits per heavy atom. The van der Waals surface area contributed by atoms with Crippen LogP contribution in [0, 0.1) is 0 Å². The van der Waals surface area contributed by atoms with Crippen LogP contribution in [-0.4, -0.2) is 0 Å². The van der Waals surface area contributed by atoms with Crippen molar-refractivity contribution in [3.8, 4) is 22.3 Å². The summed E-state index contributed by atoms with van der Waals surface area (Å²) in [4.78, 5) is 2.37. The fourth-order valence-corrected chi connectivity index (χ4v) is 8.33. The van der Waals surface area contributed by atoms with Crippen LogP contribution < -0.4 is 4.90 Å². The van der Waals surface area contributed by atoms with Crippen molar-refractivity contribution in [1.82, 2.24) is 0 Å². The average molecular weight is 678 g/mol. The lowest BCUT2D eigenvalue weighted by molar-refractivity contribution is 0.670. The summed E-state index contributed by atoms with van der Waals surface area (Å²) in [5, 5.41) is 9.22. The van der Waals surface area contributed by atoms with Gasteiger partial charge in [0.2, 0.25) is 0 Å². The van der Waals surface area contributed by atoms with Gasteiger partial charge in [-0.15, -0.1) is 0 Å². The van der Waals surface area contributed by atoms with Crippen LogP contribution >= 0.6 is 0 Å². The molecule has 53 heavy (non-hydrogen) atoms. The Kier molecular flexibility index (Phi) is 6.55. The van der Waals surface area contributed by atoms with Crippen LogP contribution in [0.5, 0.6) is 0 Å². The highest BCUT2D eigenvalue weighted by atomic mass is 16.3. The van der Waals surface area contributed by atoms with Gasteiger partial charge in [0.1, 0.15) is 22.3 Å². The van der Waals surface area contributed by atoms with Crippen molar-refractivity contribution in [2.24, 2.45) is 0 Å². The molecule has 3 heteroatoms. The summed E-state index contributed by atoms with van der Waals surface area (Å²) in [6.45, 7) is 0. The first-order valence-electron chi connectivity index (χ1n) is 18.0. The third-order valence-corrected chi connectivity index (χ3v) is 10.7. The van der Waals surface area contributed by atoms with Crippen molar-refractivity contribution in [1.29, 1.82) is 0 Å². The molecular formula is C50H31NO2. The van der Waals surface area contributed by atoms with Gasteiger partial charge in [-0.3, -0.25) is 0 Å². The maximum Gasteiger partial charge on any atom is 0.143 e. The molecule has 2 heterocycles. The predicted octanol–water partition coefficient (Wildman–Crippen LogP) is 14.6. The van der Waals surface area contributed by atoms with Gasteiger partial charge in [-0.05, 0) is 69.8 Å². The number of furan rings is 2. The molecule has 0 fully saturated rings. The molecule has 0 atom stereocenters. The monoisotopic (exact) mass is 677 g/mol. The zero-order valence-corrected chi connectivity index (χ0v) is 28.7. The standard InChI is InChI=1S/C50H31NO2/c1-3-14-33(15-4-1)46-43(30-31-45-48(46)47-40-21-9-7-18-37(40)38-19-8-10-22-41(38)50(47)53-45)51(34-16-5-2-6-17-34)35-28-26-32(27-29-35)36-23-13-24-42-39-20-11-12-25-44(39)52-49(36)42/h1-31H. The van der Waals surface area contributed by atoms with E-state index in [4.69, 9.17) is 8.83 Å². The van der Waals surface area contributed by atoms with E-state index in [0.29, 0.717) is 0 Å². The average Bonchev–Trinajstić information content (AvgIpc) is 3.82. The second-order valence-corrected chi connectivity index (χ2v) is 13.6. The van der Waals surface area contributed by atoms with Crippen molar-refractivity contribution >= 4 is 82.5 Å². The largest absolute Gasteiger partial charge is 0.455 e. The predicted molar refractivity (Wildman–Crippen MR) is 222 cm³/mol. The summed E-state index contributed by atoms with van der Waals surface area (Å²) < 4.78 is 13.3. The molecule has 0 bridgehead atoms. The van der Waals surface area contributed by atoms with E-state index < -0.39 is 0 Å². The van der Waals surface area contributed by atoms with E-state index in [-0.39, 0.29) is 0 Å². The smallest absolute Gasteiger partial charge is 0.143 e. The van der Waals surface area contributed by atoms with Gasteiger partial charge >= 0.3 is 0 Å². The highest BCUT2D eigenvalue weighted by Gasteiger charge is 2.25. The molecule has 0 aliphatic rings. The summed E-state index contributed by atoms with van der Waals surface area (Å²) in [5.41, 5.74) is 11.2.